The van der Waals surface area contributed by atoms with E-state index in [1.807, 2.05) is 85.8 Å². The number of rotatable bonds is 10. The van der Waals surface area contributed by atoms with Crippen molar-refractivity contribution < 1.29 is 38.6 Å². The van der Waals surface area contributed by atoms with E-state index in [0.717, 1.165) is 11.6 Å². The van der Waals surface area contributed by atoms with Crippen molar-refractivity contribution in [1.29, 1.82) is 0 Å². The number of para-hydroxylation sites is 3. The van der Waals surface area contributed by atoms with Crippen LogP contribution < -0.4 is 24.5 Å². The molecule has 62 heavy (non-hydrogen) atoms. The molecule has 2 saturated heterocycles. The number of methoxy groups -OCH3 is 1. The summed E-state index contributed by atoms with van der Waals surface area (Å²) in [4.78, 5) is 60.9. The predicted octanol–water partition coefficient (Wildman–Crippen LogP) is 7.82. The van der Waals surface area contributed by atoms with Gasteiger partial charge in [-0.15, -0.1) is 0 Å². The lowest BCUT2D eigenvalue weighted by Crippen LogP contribution is -2.52. The smallest absolute Gasteiger partial charge is 0.269 e. The van der Waals surface area contributed by atoms with Gasteiger partial charge in [-0.3, -0.25) is 29.4 Å². The zero-order valence-electron chi connectivity index (χ0n) is 35.0. The monoisotopic (exact) mass is 852 g/mol. The van der Waals surface area contributed by atoms with Crippen molar-refractivity contribution in [2.24, 2.45) is 5.92 Å². The second-order valence-electron chi connectivity index (χ2n) is 17.2. The number of aliphatic hydroxyl groups is 1. The molecule has 0 radical (unpaired) electrons. The molecule has 0 unspecified atom stereocenters. The number of nitrogens with zero attached hydrogens (tertiary/aromatic N) is 4. The minimum atomic E-state index is -2.66. The van der Waals surface area contributed by atoms with Crippen molar-refractivity contribution in [3.8, 4) is 17.2 Å². The topological polar surface area (TPSA) is 152 Å². The number of nitro benzene ring substituents is 1. The maximum absolute atomic E-state index is 15.6. The normalized spacial score (nSPS) is 22.9. The van der Waals surface area contributed by atoms with Crippen LogP contribution in [0.25, 0.3) is 0 Å². The second kappa shape index (κ2) is 15.8. The van der Waals surface area contributed by atoms with Crippen LogP contribution in [0.15, 0.2) is 115 Å². The fraction of sp³-hybridized carbons (Fsp3) is 0.312. The van der Waals surface area contributed by atoms with Gasteiger partial charge in [0, 0.05) is 35.8 Å². The molecule has 0 aliphatic carbocycles. The summed E-state index contributed by atoms with van der Waals surface area (Å²) in [5, 5.41) is 23.6. The van der Waals surface area contributed by atoms with Crippen LogP contribution in [0.5, 0.6) is 17.2 Å². The van der Waals surface area contributed by atoms with Crippen LogP contribution in [-0.2, 0) is 26.5 Å². The van der Waals surface area contributed by atoms with Gasteiger partial charge in [0.05, 0.1) is 68.8 Å². The first-order valence-electron chi connectivity index (χ1n) is 21.0. The molecular formula is C48H48N4O9Si. The van der Waals surface area contributed by atoms with Crippen molar-refractivity contribution in [3.05, 3.63) is 142 Å². The molecule has 0 saturated carbocycles. The molecule has 318 valence electrons. The fourth-order valence-corrected chi connectivity index (χ4v) is 14.5. The Labute approximate surface area is 360 Å². The van der Waals surface area contributed by atoms with Crippen LogP contribution in [0, 0.1) is 16.0 Å². The zero-order chi connectivity index (χ0) is 43.5. The number of likely N-dealkylation sites (tertiary alicyclic amines) is 1. The number of fused-ring (bicyclic) bond motifs is 4. The summed E-state index contributed by atoms with van der Waals surface area (Å²) in [6, 6.07) is 33.9. The van der Waals surface area contributed by atoms with E-state index in [-0.39, 0.29) is 54.6 Å². The molecule has 1 spiro atoms. The molecule has 3 amide bonds. The first kappa shape index (κ1) is 41.0. The number of carbonyl (C=O) groups is 3. The highest BCUT2D eigenvalue weighted by molar-refractivity contribution is 6.91. The Bertz CT molecular complexity index is 2600. The average Bonchev–Trinajstić information content (AvgIpc) is 3.92. The highest BCUT2D eigenvalue weighted by atomic mass is 28.3. The van der Waals surface area contributed by atoms with Gasteiger partial charge >= 0.3 is 0 Å². The van der Waals surface area contributed by atoms with E-state index < -0.39 is 30.6 Å². The molecule has 5 atom stereocenters. The maximum Gasteiger partial charge on any atom is 0.269 e. The van der Waals surface area contributed by atoms with Crippen LogP contribution in [0.3, 0.4) is 0 Å². The summed E-state index contributed by atoms with van der Waals surface area (Å²) >= 11 is 0. The number of non-ortho nitro benzene ring substituents is 1. The van der Waals surface area contributed by atoms with Gasteiger partial charge < -0.3 is 29.1 Å². The minimum Gasteiger partial charge on any atom is -0.497 e. The lowest BCUT2D eigenvalue weighted by molar-refractivity contribution is -0.385. The number of hydrogen-bond donors (Lipinski definition) is 1. The van der Waals surface area contributed by atoms with Gasteiger partial charge in [0.2, 0.25) is 5.91 Å². The van der Waals surface area contributed by atoms with Crippen molar-refractivity contribution in [2.75, 3.05) is 30.1 Å². The average molecular weight is 853 g/mol. The summed E-state index contributed by atoms with van der Waals surface area (Å²) in [6.07, 6.45) is 0.746. The number of amides is 3. The molecule has 4 heterocycles. The summed E-state index contributed by atoms with van der Waals surface area (Å²) < 4.78 is 18.9. The molecule has 9 rings (SSSR count). The van der Waals surface area contributed by atoms with E-state index >= 15 is 4.79 Å². The summed E-state index contributed by atoms with van der Waals surface area (Å²) in [7, 11) is -1.05. The van der Waals surface area contributed by atoms with Crippen molar-refractivity contribution in [1.82, 2.24) is 4.90 Å². The number of anilines is 3. The molecule has 4 aliphatic rings. The quantitative estimate of drug-likeness (QED) is 0.0842. The third-order valence-corrected chi connectivity index (χ3v) is 17.8. The van der Waals surface area contributed by atoms with E-state index in [1.54, 1.807) is 46.1 Å². The molecule has 5 aromatic carbocycles. The highest BCUT2D eigenvalue weighted by Gasteiger charge is 2.67. The van der Waals surface area contributed by atoms with Gasteiger partial charge in [-0.2, -0.15) is 0 Å². The summed E-state index contributed by atoms with van der Waals surface area (Å²) in [5.74, 6) is 0.325. The van der Waals surface area contributed by atoms with Gasteiger partial charge in [0.25, 0.3) is 17.5 Å². The number of hydrogen-bond acceptors (Lipinski definition) is 9. The third-order valence-electron chi connectivity index (χ3n) is 13.5. The zero-order valence-corrected chi connectivity index (χ0v) is 36.0. The van der Waals surface area contributed by atoms with E-state index in [1.165, 1.54) is 12.1 Å². The Morgan fingerprint density at radius 3 is 2.42 bits per heavy atom. The van der Waals surface area contributed by atoms with Gasteiger partial charge in [0.1, 0.15) is 11.5 Å². The number of nitro groups is 1. The predicted molar refractivity (Wildman–Crippen MR) is 236 cm³/mol. The standard InChI is InChI=1S/C48H48N4O9Si/c1-30-45(62(3,4)36-21-19-35(59-2)20-22-36)43(27-44(54)49-24-10-13-34(49)29-53)61-48(30)38-26-33(52(57)58)18-23-39(38)50(47(48)56)28-31-11-9-12-32(25-31)51-40-15-6-8-17-42(40)60-41-16-7-5-14-37(41)46(51)55/h5-9,11-12,14-23,25-26,30,34,43,45,53H,10,13,24,27-29H2,1-4H3/t30-,34+,43+,45-,48+/m1/s1. The Morgan fingerprint density at radius 2 is 1.68 bits per heavy atom. The molecule has 13 nitrogen and oxygen atoms in total. The van der Waals surface area contributed by atoms with Gasteiger partial charge in [0.15, 0.2) is 11.4 Å². The van der Waals surface area contributed by atoms with E-state index in [2.05, 4.69) is 13.1 Å². The fourth-order valence-electron chi connectivity index (χ4n) is 10.5. The number of aliphatic hydroxyl groups excluding tert-OH is 1. The third kappa shape index (κ3) is 6.64. The second-order valence-corrected chi connectivity index (χ2v) is 21.8. The summed E-state index contributed by atoms with van der Waals surface area (Å²) in [6.45, 7) is 6.85. The van der Waals surface area contributed by atoms with Crippen molar-refractivity contribution in [3.63, 3.8) is 0 Å². The van der Waals surface area contributed by atoms with Gasteiger partial charge in [-0.05, 0) is 78.5 Å². The summed E-state index contributed by atoms with van der Waals surface area (Å²) in [5.41, 5.74) is 0.947. The van der Waals surface area contributed by atoms with Crippen LogP contribution in [-0.4, -0.2) is 73.1 Å². The molecule has 1 N–H and O–H groups in total. The van der Waals surface area contributed by atoms with E-state index in [4.69, 9.17) is 14.2 Å². The highest BCUT2D eigenvalue weighted by Crippen LogP contribution is 2.60. The van der Waals surface area contributed by atoms with Gasteiger partial charge in [-0.1, -0.05) is 73.7 Å². The van der Waals surface area contributed by atoms with Crippen LogP contribution in [0.1, 0.15) is 47.7 Å². The molecule has 4 aliphatic heterocycles. The number of ether oxygens (including phenoxy) is 3. The largest absolute Gasteiger partial charge is 0.497 e. The Balaban J connectivity index is 1.12. The van der Waals surface area contributed by atoms with Crippen LogP contribution in [0.2, 0.25) is 18.6 Å². The Hall–Kier alpha value is -6.35. The number of benzene rings is 5. The van der Waals surface area contributed by atoms with E-state index in [9.17, 15) is 24.8 Å². The van der Waals surface area contributed by atoms with Gasteiger partial charge in [-0.25, -0.2) is 0 Å². The lowest BCUT2D eigenvalue weighted by atomic mass is 9.82. The Kier molecular flexibility index (Phi) is 10.5. The molecule has 14 heteroatoms. The maximum atomic E-state index is 15.6. The SMILES string of the molecule is COc1ccc([Si](C)(C)[C@H]2[C@H](CC(=O)N3CCC[C@H]3CO)O[C@@]3(C(=O)N(Cc4cccc(N5C(=O)c6ccccc6Oc6ccccc65)c4)c4ccc([N+](=O)[O-])cc43)[C@@H]2C)cc1. The first-order valence-corrected chi connectivity index (χ1v) is 24.1. The molecule has 0 aromatic heterocycles. The van der Waals surface area contributed by atoms with Crippen LogP contribution in [0.4, 0.5) is 22.7 Å². The molecule has 2 fully saturated rings. The number of carbonyl (C=O) groups excluding carboxylic acids is 3. The lowest BCUT2D eigenvalue weighted by Gasteiger charge is -2.37. The van der Waals surface area contributed by atoms with Crippen molar-refractivity contribution >= 4 is 53.7 Å². The van der Waals surface area contributed by atoms with Crippen molar-refractivity contribution in [2.45, 2.75) is 69.1 Å². The first-order chi connectivity index (χ1) is 29.9. The molecule has 5 aromatic rings. The van der Waals surface area contributed by atoms with Crippen LogP contribution >= 0.6 is 0 Å². The molecule has 0 bridgehead atoms. The molecular weight excluding hydrogens is 805 g/mol. The van der Waals surface area contributed by atoms with E-state index in [0.29, 0.717) is 64.0 Å². The Morgan fingerprint density at radius 1 is 0.935 bits per heavy atom. The minimum absolute atomic E-state index is 0.0163.